The molecule has 1 amide bonds. The number of halogens is 1. The van der Waals surface area contributed by atoms with Crippen molar-refractivity contribution in [3.8, 4) is 0 Å². The van der Waals surface area contributed by atoms with Crippen LogP contribution in [0.4, 0.5) is 0 Å². The number of hydrogen-bond acceptors (Lipinski definition) is 3. The molecule has 0 saturated heterocycles. The van der Waals surface area contributed by atoms with Crippen LogP contribution in [0.5, 0.6) is 0 Å². The molecule has 7 heteroatoms. The number of hydrogen-bond donors (Lipinski definition) is 1. The summed E-state index contributed by atoms with van der Waals surface area (Å²) in [5.41, 5.74) is 1.75. The maximum Gasteiger partial charge on any atom is 0.243 e. The first-order chi connectivity index (χ1) is 14.3. The number of nitrogens with one attached hydrogen (secondary N) is 1. The van der Waals surface area contributed by atoms with Crippen LogP contribution < -0.4 is 5.32 Å². The zero-order valence-electron chi connectivity index (χ0n) is 17.3. The van der Waals surface area contributed by atoms with Gasteiger partial charge < -0.3 is 5.32 Å². The number of benzene rings is 2. The van der Waals surface area contributed by atoms with Gasteiger partial charge in [-0.1, -0.05) is 67.1 Å². The van der Waals surface area contributed by atoms with Crippen molar-refractivity contribution < 1.29 is 13.2 Å². The first-order valence-electron chi connectivity index (χ1n) is 10.5. The number of amides is 1. The molecule has 1 aliphatic rings. The fourth-order valence-corrected chi connectivity index (χ4v) is 5.25. The van der Waals surface area contributed by atoms with Crippen LogP contribution >= 0.6 is 11.6 Å². The van der Waals surface area contributed by atoms with E-state index in [1.165, 1.54) is 17.1 Å². The van der Waals surface area contributed by atoms with E-state index in [-0.39, 0.29) is 29.9 Å². The Kier molecular flexibility index (Phi) is 7.92. The maximum absolute atomic E-state index is 13.3. The molecule has 3 rings (SSSR count). The van der Waals surface area contributed by atoms with Gasteiger partial charge in [-0.15, -0.1) is 0 Å². The third-order valence-electron chi connectivity index (χ3n) is 5.47. The highest BCUT2D eigenvalue weighted by atomic mass is 35.5. The van der Waals surface area contributed by atoms with Gasteiger partial charge in [-0.3, -0.25) is 4.79 Å². The second-order valence-electron chi connectivity index (χ2n) is 7.97. The maximum atomic E-state index is 13.3. The highest BCUT2D eigenvalue weighted by Crippen LogP contribution is 2.21. The summed E-state index contributed by atoms with van der Waals surface area (Å²) >= 11 is 5.96. The van der Waals surface area contributed by atoms with Crippen molar-refractivity contribution in [1.29, 1.82) is 0 Å². The molecule has 1 aliphatic carbocycles. The number of carbonyl (C=O) groups excluding carboxylic acids is 1. The lowest BCUT2D eigenvalue weighted by Crippen LogP contribution is -2.43. The Balaban J connectivity index is 1.80. The van der Waals surface area contributed by atoms with E-state index in [1.54, 1.807) is 48.5 Å². The van der Waals surface area contributed by atoms with E-state index in [0.29, 0.717) is 5.02 Å². The zero-order chi connectivity index (χ0) is 21.6. The smallest absolute Gasteiger partial charge is 0.243 e. The normalized spacial score (nSPS) is 15.7. The Labute approximate surface area is 184 Å². The highest BCUT2D eigenvalue weighted by molar-refractivity contribution is 7.89. The minimum Gasteiger partial charge on any atom is -0.352 e. The fraction of sp³-hybridized carbons (Fsp3) is 0.435. The van der Waals surface area contributed by atoms with Gasteiger partial charge in [0, 0.05) is 17.6 Å². The lowest BCUT2D eigenvalue weighted by molar-refractivity contribution is -0.122. The van der Waals surface area contributed by atoms with Crippen LogP contribution in [-0.4, -0.2) is 31.2 Å². The van der Waals surface area contributed by atoms with E-state index in [2.05, 4.69) is 5.32 Å². The lowest BCUT2D eigenvalue weighted by atomic mass is 10.1. The predicted octanol–water partition coefficient (Wildman–Crippen LogP) is 4.68. The molecule has 0 aliphatic heterocycles. The average Bonchev–Trinajstić information content (AvgIpc) is 2.98. The number of nitrogens with zero attached hydrogens (tertiary/aromatic N) is 1. The van der Waals surface area contributed by atoms with Crippen LogP contribution in [0.3, 0.4) is 0 Å². The molecule has 30 heavy (non-hydrogen) atoms. The Morgan fingerprint density at radius 1 is 1.00 bits per heavy atom. The van der Waals surface area contributed by atoms with Crippen molar-refractivity contribution in [3.63, 3.8) is 0 Å². The van der Waals surface area contributed by atoms with E-state index in [4.69, 9.17) is 11.6 Å². The molecule has 2 aromatic carbocycles. The summed E-state index contributed by atoms with van der Waals surface area (Å²) < 4.78 is 27.9. The molecule has 0 heterocycles. The molecule has 1 N–H and O–H groups in total. The quantitative estimate of drug-likeness (QED) is 0.625. The van der Waals surface area contributed by atoms with Crippen molar-refractivity contribution in [2.45, 2.75) is 62.9 Å². The number of rotatable bonds is 7. The lowest BCUT2D eigenvalue weighted by Gasteiger charge is -2.24. The molecule has 162 valence electrons. The molecular formula is C23H29ClN2O3S. The van der Waals surface area contributed by atoms with E-state index in [0.717, 1.165) is 36.8 Å². The molecular weight excluding hydrogens is 420 g/mol. The molecule has 0 unspecified atom stereocenters. The second-order valence-corrected chi connectivity index (χ2v) is 10.3. The predicted molar refractivity (Wildman–Crippen MR) is 120 cm³/mol. The summed E-state index contributed by atoms with van der Waals surface area (Å²) in [7, 11) is -3.83. The van der Waals surface area contributed by atoms with Crippen molar-refractivity contribution in [3.05, 3.63) is 64.7 Å². The molecule has 2 aromatic rings. The summed E-state index contributed by atoms with van der Waals surface area (Å²) in [6.07, 6.45) is 6.48. The standard InChI is InChI=1S/C23H29ClN2O3S/c1-18-8-14-22(15-9-18)30(28,29)26(16-19-10-12-20(24)13-11-19)17-23(27)25-21-6-4-2-3-5-7-21/h8-15,21H,2-7,16-17H2,1H3,(H,25,27). The zero-order valence-corrected chi connectivity index (χ0v) is 18.9. The van der Waals surface area contributed by atoms with Crippen LogP contribution in [0.1, 0.15) is 49.7 Å². The van der Waals surface area contributed by atoms with Gasteiger partial charge in [0.15, 0.2) is 0 Å². The summed E-state index contributed by atoms with van der Waals surface area (Å²) in [5.74, 6) is -0.258. The van der Waals surface area contributed by atoms with Crippen LogP contribution in [-0.2, 0) is 21.4 Å². The van der Waals surface area contributed by atoms with Gasteiger partial charge in [0.25, 0.3) is 0 Å². The average molecular weight is 449 g/mol. The minimum atomic E-state index is -3.83. The van der Waals surface area contributed by atoms with Gasteiger partial charge in [-0.05, 0) is 49.6 Å². The molecule has 1 saturated carbocycles. The monoisotopic (exact) mass is 448 g/mol. The number of carbonyl (C=O) groups is 1. The van der Waals surface area contributed by atoms with Gasteiger partial charge in [0.2, 0.25) is 15.9 Å². The summed E-state index contributed by atoms with van der Waals surface area (Å²) in [5, 5.41) is 3.63. The van der Waals surface area contributed by atoms with E-state index in [1.807, 2.05) is 6.92 Å². The fourth-order valence-electron chi connectivity index (χ4n) is 3.74. The topological polar surface area (TPSA) is 66.5 Å². The summed E-state index contributed by atoms with van der Waals surface area (Å²) in [6.45, 7) is 1.79. The molecule has 0 aromatic heterocycles. The van der Waals surface area contributed by atoms with Crippen LogP contribution in [0, 0.1) is 6.92 Å². The number of sulfonamides is 1. The molecule has 0 spiro atoms. The first-order valence-corrected chi connectivity index (χ1v) is 12.3. The largest absolute Gasteiger partial charge is 0.352 e. The highest BCUT2D eigenvalue weighted by Gasteiger charge is 2.27. The minimum absolute atomic E-state index is 0.103. The third-order valence-corrected chi connectivity index (χ3v) is 7.53. The Bertz CT molecular complexity index is 935. The SMILES string of the molecule is Cc1ccc(S(=O)(=O)N(CC(=O)NC2CCCCCC2)Cc2ccc(Cl)cc2)cc1. The molecule has 0 atom stereocenters. The van der Waals surface area contributed by atoms with Crippen molar-refractivity contribution in [2.75, 3.05) is 6.54 Å². The molecule has 1 fully saturated rings. The second kappa shape index (κ2) is 10.4. The van der Waals surface area contributed by atoms with Gasteiger partial charge in [-0.25, -0.2) is 8.42 Å². The molecule has 0 bridgehead atoms. The van der Waals surface area contributed by atoms with Crippen LogP contribution in [0.15, 0.2) is 53.4 Å². The van der Waals surface area contributed by atoms with Crippen molar-refractivity contribution in [2.24, 2.45) is 0 Å². The van der Waals surface area contributed by atoms with Gasteiger partial charge in [0.05, 0.1) is 11.4 Å². The summed E-state index contributed by atoms with van der Waals surface area (Å²) in [6, 6.07) is 13.8. The van der Waals surface area contributed by atoms with E-state index in [9.17, 15) is 13.2 Å². The van der Waals surface area contributed by atoms with Crippen molar-refractivity contribution >= 4 is 27.5 Å². The Morgan fingerprint density at radius 3 is 2.20 bits per heavy atom. The Morgan fingerprint density at radius 2 is 1.60 bits per heavy atom. The third kappa shape index (κ3) is 6.30. The Hall–Kier alpha value is -1.89. The van der Waals surface area contributed by atoms with Gasteiger partial charge in [-0.2, -0.15) is 4.31 Å². The molecule has 0 radical (unpaired) electrons. The van der Waals surface area contributed by atoms with E-state index >= 15 is 0 Å². The number of aryl methyl sites for hydroxylation is 1. The van der Waals surface area contributed by atoms with Gasteiger partial charge in [0.1, 0.15) is 0 Å². The van der Waals surface area contributed by atoms with Crippen molar-refractivity contribution in [1.82, 2.24) is 9.62 Å². The molecule has 5 nitrogen and oxygen atoms in total. The van der Waals surface area contributed by atoms with E-state index < -0.39 is 10.0 Å². The summed E-state index contributed by atoms with van der Waals surface area (Å²) in [4.78, 5) is 13.0. The first kappa shape index (κ1) is 22.8. The van der Waals surface area contributed by atoms with Gasteiger partial charge >= 0.3 is 0 Å². The van der Waals surface area contributed by atoms with Crippen LogP contribution in [0.2, 0.25) is 5.02 Å². The van der Waals surface area contributed by atoms with Crippen LogP contribution in [0.25, 0.3) is 0 Å².